The molecule has 0 aromatic heterocycles. The van der Waals surface area contributed by atoms with E-state index in [0.29, 0.717) is 27.7 Å². The Kier molecular flexibility index (Phi) is 7.05. The van der Waals surface area contributed by atoms with Crippen molar-refractivity contribution in [1.29, 1.82) is 0 Å². The second kappa shape index (κ2) is 9.91. The highest BCUT2D eigenvalue weighted by molar-refractivity contribution is 6.31. The summed E-state index contributed by atoms with van der Waals surface area (Å²) in [5.74, 6) is -0.232. The van der Waals surface area contributed by atoms with Gasteiger partial charge >= 0.3 is 0 Å². The average Bonchev–Trinajstić information content (AvgIpc) is 2.77. The largest absolute Gasteiger partial charge is 0.496 e. The summed E-state index contributed by atoms with van der Waals surface area (Å²) < 4.78 is 5.20. The molecule has 0 saturated carbocycles. The van der Waals surface area contributed by atoms with Crippen LogP contribution in [0.15, 0.2) is 71.8 Å². The smallest absolute Gasteiger partial charge is 0.275 e. The molecule has 31 heavy (non-hydrogen) atoms. The Morgan fingerprint density at radius 3 is 2.45 bits per heavy atom. The molecule has 158 valence electrons. The van der Waals surface area contributed by atoms with E-state index in [0.717, 1.165) is 11.1 Å². The molecule has 0 heterocycles. The minimum atomic E-state index is -0.442. The highest BCUT2D eigenvalue weighted by atomic mass is 35.5. The number of ether oxygens (including phenoxy) is 1. The lowest BCUT2D eigenvalue weighted by Crippen LogP contribution is -2.20. The van der Waals surface area contributed by atoms with Crippen LogP contribution in [0.25, 0.3) is 0 Å². The van der Waals surface area contributed by atoms with Crippen LogP contribution in [0.5, 0.6) is 5.75 Å². The number of hydrogen-bond donors (Lipinski definition) is 2. The number of carbonyl (C=O) groups excluding carboxylic acids is 2. The standard InChI is InChI=1S/C24H22ClN3O3/c1-15-7-4-5-10-20(15)23(29)26-19-9-6-8-17(13-19)16(2)27-28-24(30)21-14-18(25)11-12-22(21)31-3/h4-14H,1-3H3,(H,26,29)(H,28,30)/b27-16+. The maximum atomic E-state index is 12.6. The summed E-state index contributed by atoms with van der Waals surface area (Å²) in [5.41, 5.74) is 6.26. The number of amides is 2. The first-order valence-corrected chi connectivity index (χ1v) is 9.92. The van der Waals surface area contributed by atoms with Gasteiger partial charge in [0.15, 0.2) is 0 Å². The van der Waals surface area contributed by atoms with Crippen molar-refractivity contribution in [3.05, 3.63) is 94.0 Å². The SMILES string of the molecule is COc1ccc(Cl)cc1C(=O)N/N=C(\C)c1cccc(NC(=O)c2ccccc2C)c1. The Morgan fingerprint density at radius 1 is 0.935 bits per heavy atom. The number of hydrogen-bond acceptors (Lipinski definition) is 4. The highest BCUT2D eigenvalue weighted by Crippen LogP contribution is 2.22. The molecule has 0 unspecified atom stereocenters. The van der Waals surface area contributed by atoms with Crippen molar-refractivity contribution in [3.63, 3.8) is 0 Å². The van der Waals surface area contributed by atoms with Gasteiger partial charge in [0.05, 0.1) is 18.4 Å². The lowest BCUT2D eigenvalue weighted by atomic mass is 10.1. The number of anilines is 1. The van der Waals surface area contributed by atoms with Crippen molar-refractivity contribution < 1.29 is 14.3 Å². The summed E-state index contributed by atoms with van der Waals surface area (Å²) in [6.07, 6.45) is 0. The summed E-state index contributed by atoms with van der Waals surface area (Å²) in [5, 5.41) is 7.49. The van der Waals surface area contributed by atoms with E-state index in [9.17, 15) is 9.59 Å². The van der Waals surface area contributed by atoms with E-state index < -0.39 is 5.91 Å². The molecule has 3 aromatic rings. The molecular weight excluding hydrogens is 414 g/mol. The number of rotatable bonds is 6. The number of benzene rings is 3. The van der Waals surface area contributed by atoms with Gasteiger partial charge < -0.3 is 10.1 Å². The average molecular weight is 436 g/mol. The Hall–Kier alpha value is -3.64. The molecule has 3 rings (SSSR count). The summed E-state index contributed by atoms with van der Waals surface area (Å²) in [6, 6.07) is 19.4. The molecule has 0 radical (unpaired) electrons. The van der Waals surface area contributed by atoms with E-state index in [4.69, 9.17) is 16.3 Å². The molecule has 2 amide bonds. The molecule has 0 saturated heterocycles. The third kappa shape index (κ3) is 5.49. The van der Waals surface area contributed by atoms with Crippen molar-refractivity contribution in [3.8, 4) is 5.75 Å². The lowest BCUT2D eigenvalue weighted by molar-refractivity contribution is 0.0951. The number of nitrogens with one attached hydrogen (secondary N) is 2. The van der Waals surface area contributed by atoms with Crippen LogP contribution in [0.2, 0.25) is 5.02 Å². The van der Waals surface area contributed by atoms with E-state index in [1.54, 1.807) is 37.3 Å². The highest BCUT2D eigenvalue weighted by Gasteiger charge is 2.13. The molecule has 0 fully saturated rings. The Bertz CT molecular complexity index is 1160. The van der Waals surface area contributed by atoms with Gasteiger partial charge in [-0.15, -0.1) is 0 Å². The minimum absolute atomic E-state index is 0.189. The van der Waals surface area contributed by atoms with Crippen molar-refractivity contribution in [2.45, 2.75) is 13.8 Å². The molecule has 6 nitrogen and oxygen atoms in total. The first-order valence-electron chi connectivity index (χ1n) is 9.54. The van der Waals surface area contributed by atoms with Crippen LogP contribution in [0.4, 0.5) is 5.69 Å². The van der Waals surface area contributed by atoms with Gasteiger partial charge in [-0.1, -0.05) is 41.9 Å². The first-order chi connectivity index (χ1) is 14.9. The normalized spacial score (nSPS) is 11.0. The molecule has 7 heteroatoms. The summed E-state index contributed by atoms with van der Waals surface area (Å²) in [6.45, 7) is 3.65. The fraction of sp³-hybridized carbons (Fsp3) is 0.125. The van der Waals surface area contributed by atoms with Gasteiger partial charge in [0.2, 0.25) is 0 Å². The van der Waals surface area contributed by atoms with Gasteiger partial charge in [0, 0.05) is 16.3 Å². The van der Waals surface area contributed by atoms with Gasteiger partial charge in [-0.3, -0.25) is 9.59 Å². The summed E-state index contributed by atoms with van der Waals surface area (Å²) in [7, 11) is 1.48. The third-order valence-electron chi connectivity index (χ3n) is 4.66. The van der Waals surface area contributed by atoms with E-state index in [1.165, 1.54) is 13.2 Å². The molecule has 0 aliphatic heterocycles. The summed E-state index contributed by atoms with van der Waals surface area (Å²) in [4.78, 5) is 25.1. The Labute approximate surface area is 185 Å². The van der Waals surface area contributed by atoms with Crippen molar-refractivity contribution in [2.75, 3.05) is 12.4 Å². The van der Waals surface area contributed by atoms with Crippen molar-refractivity contribution >= 4 is 34.8 Å². The predicted molar refractivity (Wildman–Crippen MR) is 123 cm³/mol. The number of nitrogens with zero attached hydrogens (tertiary/aromatic N) is 1. The molecule has 3 aromatic carbocycles. The van der Waals surface area contributed by atoms with Crippen LogP contribution < -0.4 is 15.5 Å². The van der Waals surface area contributed by atoms with Crippen LogP contribution in [0.3, 0.4) is 0 Å². The second-order valence-corrected chi connectivity index (χ2v) is 7.27. The van der Waals surface area contributed by atoms with Gasteiger partial charge in [-0.25, -0.2) is 5.43 Å². The summed E-state index contributed by atoms with van der Waals surface area (Å²) >= 11 is 5.98. The Balaban J connectivity index is 1.74. The number of carbonyl (C=O) groups is 2. The fourth-order valence-corrected chi connectivity index (χ4v) is 3.14. The van der Waals surface area contributed by atoms with Gasteiger partial charge in [0.1, 0.15) is 5.75 Å². The molecule has 0 spiro atoms. The van der Waals surface area contributed by atoms with Gasteiger partial charge in [0.25, 0.3) is 11.8 Å². The lowest BCUT2D eigenvalue weighted by Gasteiger charge is -2.10. The molecule has 2 N–H and O–H groups in total. The number of aryl methyl sites for hydroxylation is 1. The van der Waals surface area contributed by atoms with Crippen LogP contribution in [0, 0.1) is 6.92 Å². The van der Waals surface area contributed by atoms with Crippen molar-refractivity contribution in [1.82, 2.24) is 5.43 Å². The monoisotopic (exact) mass is 435 g/mol. The van der Waals surface area contributed by atoms with E-state index in [1.807, 2.05) is 37.3 Å². The molecular formula is C24H22ClN3O3. The second-order valence-electron chi connectivity index (χ2n) is 6.83. The molecule has 0 aliphatic carbocycles. The van der Waals surface area contributed by atoms with E-state index >= 15 is 0 Å². The number of hydrazone groups is 1. The quantitative estimate of drug-likeness (QED) is 0.419. The van der Waals surface area contributed by atoms with Gasteiger partial charge in [-0.05, 0) is 61.4 Å². The minimum Gasteiger partial charge on any atom is -0.496 e. The fourth-order valence-electron chi connectivity index (χ4n) is 2.97. The third-order valence-corrected chi connectivity index (χ3v) is 4.89. The zero-order chi connectivity index (χ0) is 22.4. The maximum Gasteiger partial charge on any atom is 0.275 e. The predicted octanol–water partition coefficient (Wildman–Crippen LogP) is 5.06. The number of halogens is 1. The van der Waals surface area contributed by atoms with Crippen LogP contribution in [-0.2, 0) is 0 Å². The number of methoxy groups -OCH3 is 1. The zero-order valence-corrected chi connectivity index (χ0v) is 18.2. The maximum absolute atomic E-state index is 12.6. The topological polar surface area (TPSA) is 79.8 Å². The Morgan fingerprint density at radius 2 is 1.71 bits per heavy atom. The van der Waals surface area contributed by atoms with Crippen LogP contribution >= 0.6 is 11.6 Å². The molecule has 0 atom stereocenters. The van der Waals surface area contributed by atoms with Crippen LogP contribution in [-0.4, -0.2) is 24.6 Å². The first kappa shape index (κ1) is 22.1. The molecule has 0 bridgehead atoms. The molecule has 0 aliphatic rings. The van der Waals surface area contributed by atoms with Gasteiger partial charge in [-0.2, -0.15) is 5.10 Å². The van der Waals surface area contributed by atoms with E-state index in [2.05, 4.69) is 15.8 Å². The van der Waals surface area contributed by atoms with Crippen molar-refractivity contribution in [2.24, 2.45) is 5.10 Å². The zero-order valence-electron chi connectivity index (χ0n) is 17.4. The van der Waals surface area contributed by atoms with E-state index in [-0.39, 0.29) is 11.5 Å². The van der Waals surface area contributed by atoms with Crippen LogP contribution in [0.1, 0.15) is 38.8 Å².